The van der Waals surface area contributed by atoms with Gasteiger partial charge in [0.2, 0.25) is 17.7 Å². The highest BCUT2D eigenvalue weighted by Crippen LogP contribution is 2.29. The third kappa shape index (κ3) is 24.5. The zero-order valence-electron chi connectivity index (χ0n) is 29.9. The zero-order valence-corrected chi connectivity index (χ0v) is 29.9. The summed E-state index contributed by atoms with van der Waals surface area (Å²) in [4.78, 5) is 59.2. The molecule has 0 radical (unpaired) electrons. The number of carboxylic acid groups (broad SMARTS) is 2. The predicted molar refractivity (Wildman–Crippen MR) is 188 cm³/mol. The number of hydrogen-bond donors (Lipinski definition) is 5. The lowest BCUT2D eigenvalue weighted by molar-refractivity contribution is -0.143. The fourth-order valence-corrected chi connectivity index (χ4v) is 6.33. The van der Waals surface area contributed by atoms with E-state index in [0.717, 1.165) is 44.9 Å². The molecule has 0 aromatic rings. The second-order valence-corrected chi connectivity index (χ2v) is 13.6. The van der Waals surface area contributed by atoms with Gasteiger partial charge < -0.3 is 30.9 Å². The summed E-state index contributed by atoms with van der Waals surface area (Å²) in [6.07, 6.45) is 22.9. The fourth-order valence-electron chi connectivity index (χ4n) is 6.33. The molecular formula is C37H67N3O8. The highest BCUT2D eigenvalue weighted by Gasteiger charge is 2.29. The molecule has 0 aromatic carbocycles. The molecule has 0 unspecified atom stereocenters. The van der Waals surface area contributed by atoms with Crippen LogP contribution in [0.3, 0.4) is 0 Å². The second-order valence-electron chi connectivity index (χ2n) is 13.6. The van der Waals surface area contributed by atoms with Crippen molar-refractivity contribution in [3.05, 3.63) is 0 Å². The Morgan fingerprint density at radius 2 is 1.12 bits per heavy atom. The maximum Gasteiger partial charge on any atom is 0.326 e. The molecule has 11 nitrogen and oxygen atoms in total. The Morgan fingerprint density at radius 3 is 1.60 bits per heavy atom. The third-order valence-corrected chi connectivity index (χ3v) is 9.40. The van der Waals surface area contributed by atoms with Gasteiger partial charge in [-0.15, -0.1) is 0 Å². The van der Waals surface area contributed by atoms with Crippen molar-refractivity contribution >= 4 is 29.7 Å². The van der Waals surface area contributed by atoms with Gasteiger partial charge in [0.25, 0.3) is 0 Å². The Morgan fingerprint density at radius 1 is 0.646 bits per heavy atom. The first kappa shape index (κ1) is 43.3. The van der Waals surface area contributed by atoms with Crippen molar-refractivity contribution in [2.24, 2.45) is 11.8 Å². The Bertz CT molecular complexity index is 892. The van der Waals surface area contributed by atoms with Crippen molar-refractivity contribution in [3.8, 4) is 0 Å². The molecule has 11 heteroatoms. The van der Waals surface area contributed by atoms with Gasteiger partial charge in [0.15, 0.2) is 0 Å². The van der Waals surface area contributed by atoms with Crippen LogP contribution in [0.25, 0.3) is 0 Å². The number of hydrogen-bond acceptors (Lipinski definition) is 6. The van der Waals surface area contributed by atoms with E-state index in [2.05, 4.69) is 16.0 Å². The van der Waals surface area contributed by atoms with Crippen LogP contribution < -0.4 is 16.0 Å². The van der Waals surface area contributed by atoms with E-state index in [-0.39, 0.29) is 36.5 Å². The SMILES string of the molecule is CCOCCNC(=O)CC[C@H](NC(=O)C1CCC(CNC(=O)CCCCCCCCCCCCCCCCCCC(=O)O)CC1)C(=O)O. The molecule has 0 spiro atoms. The summed E-state index contributed by atoms with van der Waals surface area (Å²) < 4.78 is 5.17. The van der Waals surface area contributed by atoms with Crippen LogP contribution in [0.4, 0.5) is 0 Å². The number of nitrogens with one attached hydrogen (secondary N) is 3. The van der Waals surface area contributed by atoms with E-state index in [1.54, 1.807) is 0 Å². The van der Waals surface area contributed by atoms with Crippen LogP contribution in [-0.4, -0.2) is 72.2 Å². The van der Waals surface area contributed by atoms with Crippen LogP contribution in [0.2, 0.25) is 0 Å². The predicted octanol–water partition coefficient (Wildman–Crippen LogP) is 6.52. The van der Waals surface area contributed by atoms with Gasteiger partial charge in [0.05, 0.1) is 6.61 Å². The van der Waals surface area contributed by atoms with E-state index in [9.17, 15) is 29.1 Å². The normalized spacial score (nSPS) is 16.6. The van der Waals surface area contributed by atoms with Crippen LogP contribution in [0.1, 0.15) is 161 Å². The van der Waals surface area contributed by atoms with Gasteiger partial charge >= 0.3 is 11.9 Å². The third-order valence-electron chi connectivity index (χ3n) is 9.40. The largest absolute Gasteiger partial charge is 0.481 e. The molecule has 0 bridgehead atoms. The highest BCUT2D eigenvalue weighted by molar-refractivity contribution is 5.85. The Kier molecular flexibility index (Phi) is 26.4. The van der Waals surface area contributed by atoms with Crippen LogP contribution in [0.5, 0.6) is 0 Å². The van der Waals surface area contributed by atoms with Crippen molar-refractivity contribution < 1.29 is 38.9 Å². The zero-order chi connectivity index (χ0) is 35.2. The Hall–Kier alpha value is -2.69. The molecule has 0 aromatic heterocycles. The van der Waals surface area contributed by atoms with Crippen LogP contribution in [0.15, 0.2) is 0 Å². The van der Waals surface area contributed by atoms with Crippen LogP contribution in [0, 0.1) is 11.8 Å². The smallest absolute Gasteiger partial charge is 0.326 e. The van der Waals surface area contributed by atoms with Crippen molar-refractivity contribution in [2.45, 2.75) is 167 Å². The molecule has 5 N–H and O–H groups in total. The molecule has 0 aliphatic heterocycles. The maximum atomic E-state index is 12.7. The van der Waals surface area contributed by atoms with Crippen molar-refractivity contribution in [1.82, 2.24) is 16.0 Å². The lowest BCUT2D eigenvalue weighted by atomic mass is 9.81. The maximum absolute atomic E-state index is 12.7. The van der Waals surface area contributed by atoms with Crippen molar-refractivity contribution in [3.63, 3.8) is 0 Å². The van der Waals surface area contributed by atoms with Gasteiger partial charge in [0, 0.05) is 44.9 Å². The summed E-state index contributed by atoms with van der Waals surface area (Å²) in [5.74, 6) is -2.19. The first-order valence-electron chi connectivity index (χ1n) is 19.1. The van der Waals surface area contributed by atoms with Gasteiger partial charge in [-0.1, -0.05) is 89.9 Å². The lowest BCUT2D eigenvalue weighted by Gasteiger charge is -2.28. The molecule has 278 valence electrons. The fraction of sp³-hybridized carbons (Fsp3) is 0.865. The first-order chi connectivity index (χ1) is 23.2. The molecular weight excluding hydrogens is 614 g/mol. The lowest BCUT2D eigenvalue weighted by Crippen LogP contribution is -2.45. The van der Waals surface area contributed by atoms with Crippen molar-refractivity contribution in [2.75, 3.05) is 26.3 Å². The summed E-state index contributed by atoms with van der Waals surface area (Å²) in [5, 5.41) is 26.5. The molecule has 0 heterocycles. The van der Waals surface area contributed by atoms with Gasteiger partial charge in [-0.05, 0) is 57.8 Å². The van der Waals surface area contributed by atoms with E-state index in [0.29, 0.717) is 57.9 Å². The summed E-state index contributed by atoms with van der Waals surface area (Å²) >= 11 is 0. The number of carbonyl (C=O) groups excluding carboxylic acids is 3. The number of ether oxygens (including phenoxy) is 1. The molecule has 1 atom stereocenters. The van der Waals surface area contributed by atoms with Crippen LogP contribution in [-0.2, 0) is 28.7 Å². The van der Waals surface area contributed by atoms with Gasteiger partial charge in [-0.25, -0.2) is 4.79 Å². The number of carbonyl (C=O) groups is 5. The highest BCUT2D eigenvalue weighted by atomic mass is 16.5. The minimum Gasteiger partial charge on any atom is -0.481 e. The Balaban J connectivity index is 1.99. The molecule has 48 heavy (non-hydrogen) atoms. The molecule has 1 aliphatic carbocycles. The van der Waals surface area contributed by atoms with E-state index < -0.39 is 18.0 Å². The minimum atomic E-state index is -1.14. The molecule has 1 saturated carbocycles. The van der Waals surface area contributed by atoms with E-state index in [1.807, 2.05) is 6.92 Å². The number of amides is 3. The number of unbranched alkanes of at least 4 members (excludes halogenated alkanes) is 15. The number of aliphatic carboxylic acids is 2. The van der Waals surface area contributed by atoms with Gasteiger partial charge in [-0.3, -0.25) is 19.2 Å². The van der Waals surface area contributed by atoms with Crippen molar-refractivity contribution in [1.29, 1.82) is 0 Å². The average Bonchev–Trinajstić information content (AvgIpc) is 3.06. The summed E-state index contributed by atoms with van der Waals surface area (Å²) in [7, 11) is 0. The molecule has 1 fully saturated rings. The second kappa shape index (κ2) is 29.2. The average molecular weight is 682 g/mol. The van der Waals surface area contributed by atoms with E-state index >= 15 is 0 Å². The minimum absolute atomic E-state index is 0.0137. The number of rotatable bonds is 31. The van der Waals surface area contributed by atoms with E-state index in [1.165, 1.54) is 70.6 Å². The quantitative estimate of drug-likeness (QED) is 0.0515. The summed E-state index contributed by atoms with van der Waals surface area (Å²) in [6, 6.07) is -1.10. The Labute approximate surface area is 289 Å². The molecule has 1 aliphatic rings. The monoisotopic (exact) mass is 681 g/mol. The van der Waals surface area contributed by atoms with E-state index in [4.69, 9.17) is 9.84 Å². The molecule has 3 amide bonds. The van der Waals surface area contributed by atoms with Gasteiger partial charge in [-0.2, -0.15) is 0 Å². The summed E-state index contributed by atoms with van der Waals surface area (Å²) in [6.45, 7) is 3.82. The van der Waals surface area contributed by atoms with Crippen LogP contribution >= 0.6 is 0 Å². The first-order valence-corrected chi connectivity index (χ1v) is 19.1. The molecule has 0 saturated heterocycles. The standard InChI is InChI=1S/C37H67N3O8/c1-2-48-28-27-38-34(42)26-25-32(37(46)47)40-36(45)31-23-21-30(22-24-31)29-39-33(41)19-17-15-13-11-9-7-5-3-4-6-8-10-12-14-16-18-20-35(43)44/h30-32H,2-29H2,1H3,(H,38,42)(H,39,41)(H,40,45)(H,43,44)(H,46,47)/t30?,31?,32-/m0/s1. The summed E-state index contributed by atoms with van der Waals surface area (Å²) in [5.41, 5.74) is 0. The molecule has 1 rings (SSSR count). The topological polar surface area (TPSA) is 171 Å². The number of carboxylic acids is 2. The van der Waals surface area contributed by atoms with Gasteiger partial charge in [0.1, 0.15) is 6.04 Å².